The zero-order chi connectivity index (χ0) is 12.4. The van der Waals surface area contributed by atoms with Crippen molar-refractivity contribution < 1.29 is 4.79 Å². The maximum atomic E-state index is 12.2. The molecule has 2 heterocycles. The first-order chi connectivity index (χ1) is 8.84. The average Bonchev–Trinajstić information content (AvgIpc) is 3.05. The van der Waals surface area contributed by atoms with Crippen molar-refractivity contribution in [1.29, 1.82) is 0 Å². The van der Waals surface area contributed by atoms with E-state index in [2.05, 4.69) is 22.8 Å². The Hall–Kier alpha value is -1.00. The van der Waals surface area contributed by atoms with Crippen molar-refractivity contribution >= 4 is 17.7 Å². The first-order valence-electron chi connectivity index (χ1n) is 6.57. The lowest BCUT2D eigenvalue weighted by Crippen LogP contribution is -2.39. The van der Waals surface area contributed by atoms with E-state index in [9.17, 15) is 4.79 Å². The quantitative estimate of drug-likeness (QED) is 0.872. The number of hydrogen-bond acceptors (Lipinski definition) is 3. The topological polar surface area (TPSA) is 41.1 Å². The van der Waals surface area contributed by atoms with Gasteiger partial charge in [0, 0.05) is 23.2 Å². The van der Waals surface area contributed by atoms with Gasteiger partial charge in [-0.1, -0.05) is 18.2 Å². The molecule has 0 unspecified atom stereocenters. The van der Waals surface area contributed by atoms with Crippen LogP contribution < -0.4 is 10.6 Å². The molecule has 96 valence electrons. The molecule has 1 fully saturated rings. The third kappa shape index (κ3) is 2.40. The van der Waals surface area contributed by atoms with Gasteiger partial charge in [-0.05, 0) is 31.0 Å². The summed E-state index contributed by atoms with van der Waals surface area (Å²) >= 11 is 1.79. The Labute approximate surface area is 112 Å². The average molecular weight is 262 g/mol. The molecule has 1 saturated heterocycles. The Morgan fingerprint density at radius 3 is 3.17 bits per heavy atom. The van der Waals surface area contributed by atoms with E-state index in [0.29, 0.717) is 6.04 Å². The van der Waals surface area contributed by atoms with Gasteiger partial charge >= 0.3 is 0 Å². The molecule has 18 heavy (non-hydrogen) atoms. The lowest BCUT2D eigenvalue weighted by Gasteiger charge is -2.15. The van der Waals surface area contributed by atoms with E-state index in [-0.39, 0.29) is 11.8 Å². The van der Waals surface area contributed by atoms with E-state index in [1.807, 2.05) is 12.1 Å². The van der Waals surface area contributed by atoms with Gasteiger partial charge in [0.25, 0.3) is 0 Å². The maximum Gasteiger partial charge on any atom is 0.228 e. The molecule has 3 nitrogen and oxygen atoms in total. The highest BCUT2D eigenvalue weighted by molar-refractivity contribution is 7.99. The minimum absolute atomic E-state index is 0.0348. The molecule has 4 heteroatoms. The van der Waals surface area contributed by atoms with Crippen molar-refractivity contribution in [3.63, 3.8) is 0 Å². The highest BCUT2D eigenvalue weighted by Gasteiger charge is 2.29. The molecule has 2 aliphatic rings. The van der Waals surface area contributed by atoms with Crippen molar-refractivity contribution in [2.24, 2.45) is 0 Å². The van der Waals surface area contributed by atoms with E-state index >= 15 is 0 Å². The van der Waals surface area contributed by atoms with Gasteiger partial charge in [0.15, 0.2) is 0 Å². The van der Waals surface area contributed by atoms with Gasteiger partial charge in [0.2, 0.25) is 5.91 Å². The smallest absolute Gasteiger partial charge is 0.228 e. The fourth-order valence-electron chi connectivity index (χ4n) is 2.66. The lowest BCUT2D eigenvalue weighted by atomic mass is 10.0. The molecule has 0 aromatic heterocycles. The van der Waals surface area contributed by atoms with Gasteiger partial charge in [-0.3, -0.25) is 4.79 Å². The van der Waals surface area contributed by atoms with Crippen molar-refractivity contribution in [2.75, 3.05) is 18.8 Å². The number of amides is 1. The van der Waals surface area contributed by atoms with Crippen LogP contribution in [-0.4, -0.2) is 30.8 Å². The van der Waals surface area contributed by atoms with Gasteiger partial charge in [0.05, 0.1) is 5.92 Å². The number of hydrogen-bond donors (Lipinski definition) is 2. The second kappa shape index (κ2) is 5.33. The molecule has 3 rings (SSSR count). The third-order valence-corrected chi connectivity index (χ3v) is 4.88. The first kappa shape index (κ1) is 12.1. The van der Waals surface area contributed by atoms with Crippen LogP contribution in [0.3, 0.4) is 0 Å². The molecule has 0 spiro atoms. The second-order valence-electron chi connectivity index (χ2n) is 4.94. The van der Waals surface area contributed by atoms with Crippen LogP contribution in [0.15, 0.2) is 29.2 Å². The number of nitrogens with one attached hydrogen (secondary N) is 2. The van der Waals surface area contributed by atoms with E-state index < -0.39 is 0 Å². The van der Waals surface area contributed by atoms with E-state index in [4.69, 9.17) is 0 Å². The Kier molecular flexibility index (Phi) is 3.57. The van der Waals surface area contributed by atoms with Gasteiger partial charge in [0.1, 0.15) is 0 Å². The first-order valence-corrected chi connectivity index (χ1v) is 7.56. The van der Waals surface area contributed by atoms with Crippen LogP contribution in [-0.2, 0) is 4.79 Å². The fraction of sp³-hybridized carbons (Fsp3) is 0.500. The van der Waals surface area contributed by atoms with Gasteiger partial charge in [-0.25, -0.2) is 0 Å². The van der Waals surface area contributed by atoms with E-state index in [1.54, 1.807) is 11.8 Å². The fourth-order valence-corrected chi connectivity index (χ4v) is 3.89. The van der Waals surface area contributed by atoms with Crippen molar-refractivity contribution in [1.82, 2.24) is 10.6 Å². The number of rotatable bonds is 3. The normalized spacial score (nSPS) is 26.0. The van der Waals surface area contributed by atoms with Crippen LogP contribution in [0, 0.1) is 0 Å². The summed E-state index contributed by atoms with van der Waals surface area (Å²) in [4.78, 5) is 13.5. The molecular formula is C14H18N2OS. The van der Waals surface area contributed by atoms with Crippen molar-refractivity contribution in [3.05, 3.63) is 29.8 Å². The lowest BCUT2D eigenvalue weighted by molar-refractivity contribution is -0.122. The van der Waals surface area contributed by atoms with Crippen LogP contribution >= 0.6 is 11.8 Å². The Bertz CT molecular complexity index is 443. The minimum atomic E-state index is 0.0348. The largest absolute Gasteiger partial charge is 0.354 e. The summed E-state index contributed by atoms with van der Waals surface area (Å²) in [5, 5.41) is 6.49. The summed E-state index contributed by atoms with van der Waals surface area (Å²) in [6.07, 6.45) is 2.40. The molecule has 2 aliphatic heterocycles. The number of benzene rings is 1. The molecule has 0 radical (unpaired) electrons. The number of fused-ring (bicyclic) bond motifs is 1. The molecular weight excluding hydrogens is 244 g/mol. The van der Waals surface area contributed by atoms with E-state index in [1.165, 1.54) is 23.3 Å². The summed E-state index contributed by atoms with van der Waals surface area (Å²) in [6.45, 7) is 1.85. The minimum Gasteiger partial charge on any atom is -0.354 e. The van der Waals surface area contributed by atoms with Crippen LogP contribution in [0.5, 0.6) is 0 Å². The number of carbonyl (C=O) groups excluding carboxylic acids is 1. The Morgan fingerprint density at radius 1 is 1.44 bits per heavy atom. The van der Waals surface area contributed by atoms with Crippen LogP contribution in [0.2, 0.25) is 0 Å². The molecule has 0 aliphatic carbocycles. The molecule has 1 aromatic rings. The predicted octanol–water partition coefficient (Wildman–Crippen LogP) is 1.74. The number of carbonyl (C=O) groups is 1. The van der Waals surface area contributed by atoms with Crippen molar-refractivity contribution in [3.8, 4) is 0 Å². The van der Waals surface area contributed by atoms with Crippen molar-refractivity contribution in [2.45, 2.75) is 29.7 Å². The zero-order valence-electron chi connectivity index (χ0n) is 10.3. The highest BCUT2D eigenvalue weighted by atomic mass is 32.2. The monoisotopic (exact) mass is 262 g/mol. The predicted molar refractivity (Wildman–Crippen MR) is 73.9 cm³/mol. The zero-order valence-corrected chi connectivity index (χ0v) is 11.1. The van der Waals surface area contributed by atoms with Gasteiger partial charge in [-0.2, -0.15) is 0 Å². The Morgan fingerprint density at radius 2 is 2.33 bits per heavy atom. The third-order valence-electron chi connectivity index (χ3n) is 3.70. The molecule has 0 bridgehead atoms. The molecule has 0 saturated carbocycles. The summed E-state index contributed by atoms with van der Waals surface area (Å²) in [7, 11) is 0. The maximum absolute atomic E-state index is 12.2. The van der Waals surface area contributed by atoms with Crippen LogP contribution in [0.1, 0.15) is 24.3 Å². The molecule has 1 aromatic carbocycles. The van der Waals surface area contributed by atoms with Gasteiger partial charge < -0.3 is 10.6 Å². The Balaban J connectivity index is 1.60. The summed E-state index contributed by atoms with van der Waals surface area (Å²) in [5.74, 6) is 1.09. The number of thioether (sulfide) groups is 1. The molecule has 1 amide bonds. The summed E-state index contributed by atoms with van der Waals surface area (Å²) in [5.41, 5.74) is 1.19. The second-order valence-corrected chi connectivity index (χ2v) is 6.00. The SMILES string of the molecule is O=C(NC[C@@H]1CCCN1)[C@H]1CSc2ccccc21. The van der Waals surface area contributed by atoms with E-state index in [0.717, 1.165) is 18.8 Å². The summed E-state index contributed by atoms with van der Waals surface area (Å²) in [6, 6.07) is 8.70. The van der Waals surface area contributed by atoms with Gasteiger partial charge in [-0.15, -0.1) is 11.8 Å². The standard InChI is InChI=1S/C14H18N2OS/c17-14(16-8-10-4-3-7-15-10)12-9-18-13-6-2-1-5-11(12)13/h1-2,5-6,10,12,15H,3-4,7-9H2,(H,16,17)/t10-,12-/m0/s1. The molecule has 2 atom stereocenters. The summed E-state index contributed by atoms with van der Waals surface area (Å²) < 4.78 is 0. The van der Waals surface area contributed by atoms with Crippen LogP contribution in [0.25, 0.3) is 0 Å². The van der Waals surface area contributed by atoms with Crippen LogP contribution in [0.4, 0.5) is 0 Å². The molecule has 2 N–H and O–H groups in total. The highest BCUT2D eigenvalue weighted by Crippen LogP contribution is 2.39.